The molecule has 5 nitrogen and oxygen atoms in total. The summed E-state index contributed by atoms with van der Waals surface area (Å²) in [6.45, 7) is 1.63. The summed E-state index contributed by atoms with van der Waals surface area (Å²) in [4.78, 5) is 18.7. The molecule has 3 rings (SSSR count). The molecule has 0 amide bonds. The van der Waals surface area contributed by atoms with Crippen LogP contribution in [0.15, 0.2) is 29.1 Å². The minimum atomic E-state index is -0.212. The van der Waals surface area contributed by atoms with Crippen LogP contribution < -0.4 is 5.56 Å². The SMILES string of the molecule is Cc1nn2c(=S)nc3ccccc3c2[nH]c1=O. The number of fused-ring (bicyclic) bond motifs is 3. The summed E-state index contributed by atoms with van der Waals surface area (Å²) >= 11 is 5.15. The van der Waals surface area contributed by atoms with Crippen molar-refractivity contribution >= 4 is 28.8 Å². The molecule has 0 spiro atoms. The van der Waals surface area contributed by atoms with Gasteiger partial charge in [-0.15, -0.1) is 0 Å². The van der Waals surface area contributed by atoms with Crippen molar-refractivity contribution in [1.29, 1.82) is 0 Å². The van der Waals surface area contributed by atoms with Gasteiger partial charge in [-0.3, -0.25) is 4.79 Å². The summed E-state index contributed by atoms with van der Waals surface area (Å²) in [5, 5.41) is 4.96. The third-order valence-corrected chi connectivity index (χ3v) is 2.84. The van der Waals surface area contributed by atoms with Crippen LogP contribution in [-0.2, 0) is 0 Å². The number of aromatic nitrogens is 4. The number of para-hydroxylation sites is 1. The van der Waals surface area contributed by atoms with Crippen molar-refractivity contribution in [3.8, 4) is 0 Å². The average molecular weight is 244 g/mol. The smallest absolute Gasteiger partial charge is 0.272 e. The Labute approximate surface area is 101 Å². The minimum Gasteiger partial charge on any atom is -0.305 e. The van der Waals surface area contributed by atoms with Gasteiger partial charge in [-0.05, 0) is 31.3 Å². The molecule has 0 aliphatic rings. The Kier molecular flexibility index (Phi) is 2.05. The summed E-state index contributed by atoms with van der Waals surface area (Å²) in [7, 11) is 0. The van der Waals surface area contributed by atoms with Crippen molar-refractivity contribution in [2.24, 2.45) is 0 Å². The normalized spacial score (nSPS) is 11.1. The van der Waals surface area contributed by atoms with Gasteiger partial charge in [-0.1, -0.05) is 12.1 Å². The predicted octanol–water partition coefficient (Wildman–Crippen LogP) is 1.61. The van der Waals surface area contributed by atoms with E-state index in [1.807, 2.05) is 24.3 Å². The van der Waals surface area contributed by atoms with E-state index in [4.69, 9.17) is 12.2 Å². The number of nitrogens with zero attached hydrogens (tertiary/aromatic N) is 3. The quantitative estimate of drug-likeness (QED) is 0.482. The molecule has 0 radical (unpaired) electrons. The van der Waals surface area contributed by atoms with E-state index in [1.54, 1.807) is 6.92 Å². The second-order valence-electron chi connectivity index (χ2n) is 3.71. The Morgan fingerprint density at radius 3 is 2.94 bits per heavy atom. The Hall–Kier alpha value is -2.08. The number of nitrogens with one attached hydrogen (secondary N) is 1. The molecule has 0 saturated carbocycles. The number of aryl methyl sites for hydroxylation is 1. The van der Waals surface area contributed by atoms with E-state index < -0.39 is 0 Å². The van der Waals surface area contributed by atoms with E-state index >= 15 is 0 Å². The molecular formula is C11H8N4OS. The van der Waals surface area contributed by atoms with Crippen LogP contribution in [0.2, 0.25) is 0 Å². The lowest BCUT2D eigenvalue weighted by Crippen LogP contribution is -2.17. The molecule has 1 aromatic carbocycles. The molecule has 2 aromatic heterocycles. The highest BCUT2D eigenvalue weighted by Crippen LogP contribution is 2.14. The van der Waals surface area contributed by atoms with Gasteiger partial charge in [0.1, 0.15) is 11.3 Å². The molecule has 2 heterocycles. The second kappa shape index (κ2) is 3.46. The molecule has 0 saturated heterocycles. The van der Waals surface area contributed by atoms with Gasteiger partial charge in [-0.2, -0.15) is 9.61 Å². The lowest BCUT2D eigenvalue weighted by Gasteiger charge is -2.04. The van der Waals surface area contributed by atoms with Gasteiger partial charge in [0.15, 0.2) is 0 Å². The zero-order chi connectivity index (χ0) is 12.0. The van der Waals surface area contributed by atoms with Gasteiger partial charge in [0.2, 0.25) is 4.77 Å². The highest BCUT2D eigenvalue weighted by molar-refractivity contribution is 7.71. The molecule has 0 aliphatic carbocycles. The second-order valence-corrected chi connectivity index (χ2v) is 4.08. The van der Waals surface area contributed by atoms with Crippen molar-refractivity contribution in [3.63, 3.8) is 0 Å². The summed E-state index contributed by atoms with van der Waals surface area (Å²) in [5.41, 5.74) is 1.48. The first kappa shape index (κ1) is 10.1. The Morgan fingerprint density at radius 2 is 2.12 bits per heavy atom. The van der Waals surface area contributed by atoms with Gasteiger partial charge in [-0.25, -0.2) is 4.98 Å². The van der Waals surface area contributed by atoms with Crippen LogP contribution in [-0.4, -0.2) is 19.6 Å². The standard InChI is InChI=1S/C11H8N4OS/c1-6-10(16)13-9-7-4-2-3-5-8(7)12-11(17)15(9)14-6/h2-5H,1H3,(H,13,16). The van der Waals surface area contributed by atoms with E-state index in [0.717, 1.165) is 10.9 Å². The summed E-state index contributed by atoms with van der Waals surface area (Å²) < 4.78 is 1.81. The Balaban J connectivity index is 2.70. The third-order valence-electron chi connectivity index (χ3n) is 2.58. The highest BCUT2D eigenvalue weighted by Gasteiger charge is 2.06. The number of H-pyrrole nitrogens is 1. The number of rotatable bonds is 0. The molecular weight excluding hydrogens is 236 g/mol. The summed E-state index contributed by atoms with van der Waals surface area (Å²) in [6, 6.07) is 7.48. The van der Waals surface area contributed by atoms with E-state index in [-0.39, 0.29) is 5.56 Å². The van der Waals surface area contributed by atoms with Gasteiger partial charge in [0, 0.05) is 5.39 Å². The van der Waals surface area contributed by atoms with Gasteiger partial charge in [0.05, 0.1) is 5.52 Å². The maximum absolute atomic E-state index is 11.6. The van der Waals surface area contributed by atoms with Crippen LogP contribution >= 0.6 is 12.2 Å². The fourth-order valence-corrected chi connectivity index (χ4v) is 1.97. The first-order chi connectivity index (χ1) is 8.16. The molecule has 17 heavy (non-hydrogen) atoms. The first-order valence-corrected chi connectivity index (χ1v) is 5.46. The molecule has 1 N–H and O–H groups in total. The molecule has 6 heteroatoms. The van der Waals surface area contributed by atoms with Gasteiger partial charge >= 0.3 is 0 Å². The predicted molar refractivity (Wildman–Crippen MR) is 66.7 cm³/mol. The average Bonchev–Trinajstić information content (AvgIpc) is 2.32. The van der Waals surface area contributed by atoms with Crippen LogP contribution in [0.1, 0.15) is 5.69 Å². The molecule has 0 atom stereocenters. The zero-order valence-corrected chi connectivity index (χ0v) is 9.78. The van der Waals surface area contributed by atoms with E-state index in [9.17, 15) is 4.79 Å². The van der Waals surface area contributed by atoms with Crippen LogP contribution in [0.4, 0.5) is 0 Å². The van der Waals surface area contributed by atoms with Crippen LogP contribution in [0, 0.1) is 11.7 Å². The molecule has 3 aromatic rings. The van der Waals surface area contributed by atoms with Crippen LogP contribution in [0.25, 0.3) is 16.6 Å². The minimum absolute atomic E-state index is 0.212. The van der Waals surface area contributed by atoms with E-state index in [2.05, 4.69) is 15.1 Å². The van der Waals surface area contributed by atoms with Crippen LogP contribution in [0.3, 0.4) is 0 Å². The first-order valence-electron chi connectivity index (χ1n) is 5.05. The number of hydrogen-bond acceptors (Lipinski definition) is 4. The fourth-order valence-electron chi connectivity index (χ4n) is 1.74. The summed E-state index contributed by atoms with van der Waals surface area (Å²) in [5.74, 6) is 0. The lowest BCUT2D eigenvalue weighted by molar-refractivity contribution is 0.820. The monoisotopic (exact) mass is 244 g/mol. The topological polar surface area (TPSA) is 63.1 Å². The maximum atomic E-state index is 11.6. The van der Waals surface area contributed by atoms with Gasteiger partial charge < -0.3 is 4.98 Å². The zero-order valence-electron chi connectivity index (χ0n) is 8.97. The fraction of sp³-hybridized carbons (Fsp3) is 0.0909. The third kappa shape index (κ3) is 1.45. The van der Waals surface area contributed by atoms with Gasteiger partial charge in [0.25, 0.3) is 5.56 Å². The molecule has 84 valence electrons. The number of benzene rings is 1. The van der Waals surface area contributed by atoms with Crippen molar-refractivity contribution in [3.05, 3.63) is 45.1 Å². The Bertz CT molecular complexity index is 849. The highest BCUT2D eigenvalue weighted by atomic mass is 32.1. The number of aromatic amines is 1. The van der Waals surface area contributed by atoms with Crippen molar-refractivity contribution in [1.82, 2.24) is 19.6 Å². The van der Waals surface area contributed by atoms with E-state index in [0.29, 0.717) is 16.1 Å². The van der Waals surface area contributed by atoms with Crippen molar-refractivity contribution in [2.75, 3.05) is 0 Å². The summed E-state index contributed by atoms with van der Waals surface area (Å²) in [6.07, 6.45) is 0. The van der Waals surface area contributed by atoms with E-state index in [1.165, 1.54) is 4.52 Å². The largest absolute Gasteiger partial charge is 0.305 e. The number of hydrogen-bond donors (Lipinski definition) is 1. The molecule has 0 bridgehead atoms. The van der Waals surface area contributed by atoms with Crippen LogP contribution in [0.5, 0.6) is 0 Å². The molecule has 0 fully saturated rings. The molecule has 0 aliphatic heterocycles. The Morgan fingerprint density at radius 1 is 1.35 bits per heavy atom. The lowest BCUT2D eigenvalue weighted by atomic mass is 10.2. The molecule has 0 unspecified atom stereocenters. The maximum Gasteiger partial charge on any atom is 0.272 e. The van der Waals surface area contributed by atoms with Crippen molar-refractivity contribution in [2.45, 2.75) is 6.92 Å². The van der Waals surface area contributed by atoms with Crippen molar-refractivity contribution < 1.29 is 0 Å².